The highest BCUT2D eigenvalue weighted by Crippen LogP contribution is 2.06. The molecular formula is C12H22O4S2. The van der Waals surface area contributed by atoms with Gasteiger partial charge in [-0.2, -0.15) is 23.5 Å². The van der Waals surface area contributed by atoms with Crippen molar-refractivity contribution >= 4 is 35.5 Å². The second-order valence-corrected chi connectivity index (χ2v) is 5.76. The molecule has 0 spiro atoms. The average molecular weight is 294 g/mol. The zero-order valence-electron chi connectivity index (χ0n) is 11.1. The van der Waals surface area contributed by atoms with Gasteiger partial charge in [0.1, 0.15) is 13.2 Å². The highest BCUT2D eigenvalue weighted by atomic mass is 32.2. The molecule has 106 valence electrons. The second kappa shape index (κ2) is 13.1. The third-order valence-corrected chi connectivity index (χ3v) is 3.80. The first-order valence-electron chi connectivity index (χ1n) is 6.08. The Morgan fingerprint density at radius 3 is 2.11 bits per heavy atom. The molecule has 0 amide bonds. The molecule has 0 saturated heterocycles. The van der Waals surface area contributed by atoms with E-state index in [-0.39, 0.29) is 25.2 Å². The number of carbonyl (C=O) groups is 2. The molecular weight excluding hydrogens is 272 g/mol. The van der Waals surface area contributed by atoms with Crippen molar-refractivity contribution in [3.63, 3.8) is 0 Å². The summed E-state index contributed by atoms with van der Waals surface area (Å²) in [5.74, 6) is 2.49. The Morgan fingerprint density at radius 2 is 1.56 bits per heavy atom. The van der Waals surface area contributed by atoms with Gasteiger partial charge in [-0.05, 0) is 12.7 Å². The maximum absolute atomic E-state index is 11.3. The molecule has 0 fully saturated rings. The second-order valence-electron chi connectivity index (χ2n) is 3.55. The molecule has 0 N–H and O–H groups in total. The first kappa shape index (κ1) is 17.6. The molecule has 0 aliphatic rings. The molecule has 0 aromatic rings. The van der Waals surface area contributed by atoms with Gasteiger partial charge < -0.3 is 9.47 Å². The van der Waals surface area contributed by atoms with Gasteiger partial charge in [0.2, 0.25) is 0 Å². The van der Waals surface area contributed by atoms with E-state index in [0.717, 1.165) is 23.7 Å². The zero-order chi connectivity index (χ0) is 13.6. The minimum Gasteiger partial charge on any atom is -0.462 e. The number of carbonyl (C=O) groups excluding carboxylic acids is 2. The number of esters is 2. The molecule has 0 aliphatic carbocycles. The predicted molar refractivity (Wildman–Crippen MR) is 77.2 cm³/mol. The summed E-state index contributed by atoms with van der Waals surface area (Å²) >= 11 is 3.55. The predicted octanol–water partition coefficient (Wildman–Crippen LogP) is 2.36. The molecule has 0 bridgehead atoms. The normalized spacial score (nSPS) is 10.1. The van der Waals surface area contributed by atoms with E-state index < -0.39 is 0 Å². The van der Waals surface area contributed by atoms with Crippen LogP contribution in [0.2, 0.25) is 0 Å². The van der Waals surface area contributed by atoms with Crippen LogP contribution in [0.3, 0.4) is 0 Å². The van der Waals surface area contributed by atoms with E-state index in [2.05, 4.69) is 6.26 Å². The fourth-order valence-corrected chi connectivity index (χ4v) is 2.71. The zero-order valence-corrected chi connectivity index (χ0v) is 12.7. The Bertz CT molecular complexity index is 234. The number of hydrogen-bond donors (Lipinski definition) is 0. The minimum absolute atomic E-state index is 0.157. The van der Waals surface area contributed by atoms with E-state index in [1.165, 1.54) is 0 Å². The quantitative estimate of drug-likeness (QED) is 0.431. The third-order valence-electron chi connectivity index (χ3n) is 1.95. The van der Waals surface area contributed by atoms with Crippen molar-refractivity contribution in [1.29, 1.82) is 0 Å². The third kappa shape index (κ3) is 12.1. The summed E-state index contributed by atoms with van der Waals surface area (Å²) in [4.78, 5) is 22.3. The van der Waals surface area contributed by atoms with Crippen molar-refractivity contribution in [1.82, 2.24) is 0 Å². The summed E-state index contributed by atoms with van der Waals surface area (Å²) in [6.45, 7) is 2.23. The molecule has 0 heterocycles. The van der Waals surface area contributed by atoms with Crippen LogP contribution in [0.1, 0.15) is 26.2 Å². The number of rotatable bonds is 11. The molecule has 0 aromatic heterocycles. The molecule has 18 heavy (non-hydrogen) atoms. The van der Waals surface area contributed by atoms with Gasteiger partial charge >= 0.3 is 11.9 Å². The van der Waals surface area contributed by atoms with E-state index in [4.69, 9.17) is 9.47 Å². The standard InChI is InChI=1S/C12H22O4S2/c1-3-4-11(13)15-6-7-16-12(14)5-8-18-10-9-17-2/h3-10H2,1-2H3. The summed E-state index contributed by atoms with van der Waals surface area (Å²) in [6, 6.07) is 0. The highest BCUT2D eigenvalue weighted by Gasteiger charge is 2.04. The topological polar surface area (TPSA) is 52.6 Å². The van der Waals surface area contributed by atoms with Crippen LogP contribution in [0.5, 0.6) is 0 Å². The number of thioether (sulfide) groups is 2. The molecule has 0 radical (unpaired) electrons. The Hall–Kier alpha value is -0.360. The van der Waals surface area contributed by atoms with E-state index >= 15 is 0 Å². The number of ether oxygens (including phenoxy) is 2. The minimum atomic E-state index is -0.235. The molecule has 0 saturated carbocycles. The summed E-state index contributed by atoms with van der Waals surface area (Å²) in [5, 5.41) is 0. The summed E-state index contributed by atoms with van der Waals surface area (Å²) < 4.78 is 9.81. The molecule has 0 aromatic carbocycles. The monoisotopic (exact) mass is 294 g/mol. The van der Waals surface area contributed by atoms with Crippen molar-refractivity contribution in [3.8, 4) is 0 Å². The van der Waals surface area contributed by atoms with Crippen LogP contribution in [0.25, 0.3) is 0 Å². The first-order valence-corrected chi connectivity index (χ1v) is 8.63. The fraction of sp³-hybridized carbons (Fsp3) is 0.833. The Kier molecular flexibility index (Phi) is 12.8. The van der Waals surface area contributed by atoms with Crippen LogP contribution in [-0.2, 0) is 19.1 Å². The maximum atomic E-state index is 11.3. The lowest BCUT2D eigenvalue weighted by atomic mass is 10.3. The van der Waals surface area contributed by atoms with Crippen LogP contribution in [0.15, 0.2) is 0 Å². The van der Waals surface area contributed by atoms with Crippen molar-refractivity contribution < 1.29 is 19.1 Å². The van der Waals surface area contributed by atoms with Gasteiger partial charge in [0.25, 0.3) is 0 Å². The van der Waals surface area contributed by atoms with Crippen LogP contribution >= 0.6 is 23.5 Å². The SMILES string of the molecule is CCCC(=O)OCCOC(=O)CCSCCSC. The van der Waals surface area contributed by atoms with Crippen LogP contribution < -0.4 is 0 Å². The fourth-order valence-electron chi connectivity index (χ4n) is 1.06. The van der Waals surface area contributed by atoms with Gasteiger partial charge in [0, 0.05) is 23.7 Å². The average Bonchev–Trinajstić information content (AvgIpc) is 2.35. The van der Waals surface area contributed by atoms with E-state index in [9.17, 15) is 9.59 Å². The lowest BCUT2D eigenvalue weighted by Gasteiger charge is -2.06. The van der Waals surface area contributed by atoms with Crippen LogP contribution in [-0.4, -0.2) is 48.7 Å². The smallest absolute Gasteiger partial charge is 0.306 e. The molecule has 0 rings (SSSR count). The van der Waals surface area contributed by atoms with Gasteiger partial charge in [-0.15, -0.1) is 0 Å². The molecule has 6 heteroatoms. The summed E-state index contributed by atoms with van der Waals surface area (Å²) in [7, 11) is 0. The van der Waals surface area contributed by atoms with E-state index in [0.29, 0.717) is 12.8 Å². The molecule has 0 atom stereocenters. The largest absolute Gasteiger partial charge is 0.462 e. The summed E-state index contributed by atoms with van der Waals surface area (Å²) in [5.41, 5.74) is 0. The van der Waals surface area contributed by atoms with Crippen molar-refractivity contribution in [2.24, 2.45) is 0 Å². The van der Waals surface area contributed by atoms with Gasteiger partial charge in [-0.3, -0.25) is 9.59 Å². The van der Waals surface area contributed by atoms with E-state index in [1.54, 1.807) is 23.5 Å². The Morgan fingerprint density at radius 1 is 0.944 bits per heavy atom. The van der Waals surface area contributed by atoms with Crippen molar-refractivity contribution in [2.75, 3.05) is 36.7 Å². The van der Waals surface area contributed by atoms with Crippen LogP contribution in [0, 0.1) is 0 Å². The van der Waals surface area contributed by atoms with Crippen molar-refractivity contribution in [2.45, 2.75) is 26.2 Å². The molecule has 0 unspecified atom stereocenters. The van der Waals surface area contributed by atoms with Gasteiger partial charge in [-0.25, -0.2) is 0 Å². The van der Waals surface area contributed by atoms with Crippen molar-refractivity contribution in [3.05, 3.63) is 0 Å². The number of hydrogen-bond acceptors (Lipinski definition) is 6. The van der Waals surface area contributed by atoms with Crippen LogP contribution in [0.4, 0.5) is 0 Å². The lowest BCUT2D eigenvalue weighted by Crippen LogP contribution is -2.14. The first-order chi connectivity index (χ1) is 8.70. The molecule has 0 aliphatic heterocycles. The molecule has 4 nitrogen and oxygen atoms in total. The highest BCUT2D eigenvalue weighted by molar-refractivity contribution is 8.02. The van der Waals surface area contributed by atoms with Gasteiger partial charge in [0.15, 0.2) is 0 Å². The Labute approximate surface area is 118 Å². The Balaban J connectivity index is 3.29. The maximum Gasteiger partial charge on any atom is 0.306 e. The van der Waals surface area contributed by atoms with E-state index in [1.807, 2.05) is 6.92 Å². The van der Waals surface area contributed by atoms with Gasteiger partial charge in [0.05, 0.1) is 6.42 Å². The summed E-state index contributed by atoms with van der Waals surface area (Å²) in [6.07, 6.45) is 3.67. The lowest BCUT2D eigenvalue weighted by molar-refractivity contribution is -0.152. The van der Waals surface area contributed by atoms with Gasteiger partial charge in [-0.1, -0.05) is 6.92 Å².